The van der Waals surface area contributed by atoms with E-state index in [-0.39, 0.29) is 18.1 Å². The zero-order chi connectivity index (χ0) is 20.9. The second kappa shape index (κ2) is 9.68. The maximum Gasteiger partial charge on any atom is 0.272 e. The monoisotopic (exact) mass is 416 g/mol. The van der Waals surface area contributed by atoms with Crippen LogP contribution >= 0.6 is 0 Å². The maximum atomic E-state index is 12.6. The molecule has 1 N–H and O–H groups in total. The van der Waals surface area contributed by atoms with Gasteiger partial charge in [0.25, 0.3) is 5.91 Å². The number of hydroxylamine groups is 1. The minimum absolute atomic E-state index is 0.00706. The summed E-state index contributed by atoms with van der Waals surface area (Å²) in [5, 5.41) is 0. The van der Waals surface area contributed by atoms with Gasteiger partial charge in [-0.2, -0.15) is 0 Å². The molecule has 0 unspecified atom stereocenters. The van der Waals surface area contributed by atoms with E-state index in [0.29, 0.717) is 32.0 Å². The number of carbonyl (C=O) groups is 1. The number of hydrogen-bond acceptors (Lipinski definition) is 7. The molecule has 0 saturated carbocycles. The lowest BCUT2D eigenvalue weighted by Gasteiger charge is -2.37. The van der Waals surface area contributed by atoms with Gasteiger partial charge in [-0.15, -0.1) is 0 Å². The standard InChI is InChI=1S/C22H32N4O4/c1-17(2)29-21-6-4-3-5-20(21)25-9-7-24(8-10-25)16-18-15-19(23-30-18)22(27)26-11-13-28-14-12-26/h3-6,15,17-18,23H,7-14,16H2,1-2H3/t18-/m0/s1. The van der Waals surface area contributed by atoms with Crippen molar-refractivity contribution < 1.29 is 19.1 Å². The van der Waals surface area contributed by atoms with Crippen molar-refractivity contribution in [2.45, 2.75) is 26.1 Å². The molecule has 0 bridgehead atoms. The minimum Gasteiger partial charge on any atom is -0.489 e. The van der Waals surface area contributed by atoms with Crippen molar-refractivity contribution in [3.8, 4) is 5.75 Å². The molecule has 1 aromatic rings. The van der Waals surface area contributed by atoms with Gasteiger partial charge in [-0.05, 0) is 32.1 Å². The number of hydrogen-bond donors (Lipinski definition) is 1. The lowest BCUT2D eigenvalue weighted by atomic mass is 10.2. The first-order chi connectivity index (χ1) is 14.6. The summed E-state index contributed by atoms with van der Waals surface area (Å²) < 4.78 is 11.3. The van der Waals surface area contributed by atoms with Crippen molar-refractivity contribution in [3.63, 3.8) is 0 Å². The molecule has 1 atom stereocenters. The van der Waals surface area contributed by atoms with Crippen molar-refractivity contribution >= 4 is 11.6 Å². The molecule has 0 spiro atoms. The first-order valence-corrected chi connectivity index (χ1v) is 10.8. The molecule has 8 heteroatoms. The molecule has 1 amide bonds. The van der Waals surface area contributed by atoms with Gasteiger partial charge >= 0.3 is 0 Å². The zero-order valence-electron chi connectivity index (χ0n) is 17.9. The molecule has 30 heavy (non-hydrogen) atoms. The molecule has 3 aliphatic heterocycles. The van der Waals surface area contributed by atoms with Gasteiger partial charge in [0, 0.05) is 45.8 Å². The Morgan fingerprint density at radius 1 is 1.13 bits per heavy atom. The number of anilines is 1. The summed E-state index contributed by atoms with van der Waals surface area (Å²) in [5.74, 6) is 0.936. The van der Waals surface area contributed by atoms with Crippen molar-refractivity contribution in [2.75, 3.05) is 63.9 Å². The van der Waals surface area contributed by atoms with Crippen LogP contribution in [0, 0.1) is 0 Å². The molecular weight excluding hydrogens is 384 g/mol. The fourth-order valence-corrected chi connectivity index (χ4v) is 4.03. The fraction of sp³-hybridized carbons (Fsp3) is 0.591. The second-order valence-corrected chi connectivity index (χ2v) is 8.17. The number of piperazine rings is 1. The molecule has 2 saturated heterocycles. The Bertz CT molecular complexity index is 755. The van der Waals surface area contributed by atoms with Crippen LogP contribution in [0.2, 0.25) is 0 Å². The summed E-state index contributed by atoms with van der Waals surface area (Å²) in [4.78, 5) is 24.8. The maximum absolute atomic E-state index is 12.6. The SMILES string of the molecule is CC(C)Oc1ccccc1N1CCN(C[C@@H]2C=C(C(=O)N3CCOCC3)NO2)CC1. The van der Waals surface area contributed by atoms with Gasteiger partial charge in [-0.3, -0.25) is 20.0 Å². The molecule has 1 aromatic carbocycles. The Morgan fingerprint density at radius 3 is 2.60 bits per heavy atom. The molecular formula is C22H32N4O4. The number of amides is 1. The van der Waals surface area contributed by atoms with Crippen LogP contribution in [-0.2, 0) is 14.4 Å². The number of ether oxygens (including phenoxy) is 2. The number of carbonyl (C=O) groups excluding carboxylic acids is 1. The zero-order valence-corrected chi connectivity index (χ0v) is 17.9. The van der Waals surface area contributed by atoms with Crippen LogP contribution in [0.3, 0.4) is 0 Å². The van der Waals surface area contributed by atoms with Crippen molar-refractivity contribution in [1.29, 1.82) is 0 Å². The normalized spacial score (nSPS) is 22.8. The summed E-state index contributed by atoms with van der Waals surface area (Å²) in [6.45, 7) is 11.1. The Labute approximate surface area is 178 Å². The van der Waals surface area contributed by atoms with Crippen LogP contribution in [0.1, 0.15) is 13.8 Å². The average Bonchev–Trinajstić information content (AvgIpc) is 3.23. The molecule has 3 aliphatic rings. The number of benzene rings is 1. The summed E-state index contributed by atoms with van der Waals surface area (Å²) in [7, 11) is 0. The number of nitrogens with zero attached hydrogens (tertiary/aromatic N) is 3. The smallest absolute Gasteiger partial charge is 0.272 e. The molecule has 0 radical (unpaired) electrons. The van der Waals surface area contributed by atoms with Gasteiger partial charge in [0.15, 0.2) is 0 Å². The quantitative estimate of drug-likeness (QED) is 0.749. The molecule has 164 valence electrons. The summed E-state index contributed by atoms with van der Waals surface area (Å²) >= 11 is 0. The van der Waals surface area contributed by atoms with Crippen molar-refractivity contribution in [1.82, 2.24) is 15.3 Å². The lowest BCUT2D eigenvalue weighted by Crippen LogP contribution is -2.48. The van der Waals surface area contributed by atoms with Gasteiger partial charge in [0.05, 0.1) is 25.0 Å². The number of morpholine rings is 1. The fourth-order valence-electron chi connectivity index (χ4n) is 4.03. The predicted molar refractivity (Wildman–Crippen MR) is 114 cm³/mol. The number of rotatable bonds is 6. The van der Waals surface area contributed by atoms with Gasteiger partial charge in [0.1, 0.15) is 17.6 Å². The highest BCUT2D eigenvalue weighted by molar-refractivity contribution is 5.93. The summed E-state index contributed by atoms with van der Waals surface area (Å²) in [6.07, 6.45) is 1.95. The van der Waals surface area contributed by atoms with E-state index in [0.717, 1.165) is 44.2 Å². The van der Waals surface area contributed by atoms with Crippen molar-refractivity contribution in [3.05, 3.63) is 36.0 Å². The van der Waals surface area contributed by atoms with Crippen LogP contribution in [0.25, 0.3) is 0 Å². The van der Waals surface area contributed by atoms with E-state index in [1.165, 1.54) is 0 Å². The van der Waals surface area contributed by atoms with E-state index in [4.69, 9.17) is 14.3 Å². The van der Waals surface area contributed by atoms with Gasteiger partial charge < -0.3 is 19.3 Å². The first kappa shape index (κ1) is 21.0. The number of para-hydroxylation sites is 2. The van der Waals surface area contributed by atoms with Gasteiger partial charge in [-0.25, -0.2) is 0 Å². The van der Waals surface area contributed by atoms with E-state index in [9.17, 15) is 4.79 Å². The Hall–Kier alpha value is -2.29. The molecule has 2 fully saturated rings. The molecule has 0 aromatic heterocycles. The van der Waals surface area contributed by atoms with E-state index >= 15 is 0 Å². The Kier molecular flexibility index (Phi) is 6.76. The van der Waals surface area contributed by atoms with Gasteiger partial charge in [0.2, 0.25) is 0 Å². The van der Waals surface area contributed by atoms with Crippen LogP contribution < -0.4 is 15.1 Å². The molecule has 0 aliphatic carbocycles. The predicted octanol–water partition coefficient (Wildman–Crippen LogP) is 1.24. The highest BCUT2D eigenvalue weighted by atomic mass is 16.7. The summed E-state index contributed by atoms with van der Waals surface area (Å²) in [5.41, 5.74) is 4.53. The Balaban J connectivity index is 1.28. The topological polar surface area (TPSA) is 66.5 Å². The second-order valence-electron chi connectivity index (χ2n) is 8.17. The van der Waals surface area contributed by atoms with Crippen LogP contribution in [0.5, 0.6) is 5.75 Å². The van der Waals surface area contributed by atoms with E-state index in [2.05, 4.69) is 41.3 Å². The highest BCUT2D eigenvalue weighted by Crippen LogP contribution is 2.29. The van der Waals surface area contributed by atoms with Crippen LogP contribution in [0.15, 0.2) is 36.0 Å². The largest absolute Gasteiger partial charge is 0.489 e. The van der Waals surface area contributed by atoms with E-state index in [1.807, 2.05) is 23.1 Å². The lowest BCUT2D eigenvalue weighted by molar-refractivity contribution is -0.132. The molecule has 8 nitrogen and oxygen atoms in total. The first-order valence-electron chi connectivity index (χ1n) is 10.8. The summed E-state index contributed by atoms with van der Waals surface area (Å²) in [6, 6.07) is 8.25. The third-order valence-corrected chi connectivity index (χ3v) is 5.58. The average molecular weight is 417 g/mol. The van der Waals surface area contributed by atoms with Gasteiger partial charge in [-0.1, -0.05) is 12.1 Å². The molecule has 4 rings (SSSR count). The number of nitrogens with one attached hydrogen (secondary N) is 1. The molecule has 3 heterocycles. The van der Waals surface area contributed by atoms with E-state index < -0.39 is 0 Å². The highest BCUT2D eigenvalue weighted by Gasteiger charge is 2.29. The van der Waals surface area contributed by atoms with Crippen LogP contribution in [0.4, 0.5) is 5.69 Å². The minimum atomic E-state index is -0.117. The third kappa shape index (κ3) is 5.06. The van der Waals surface area contributed by atoms with Crippen molar-refractivity contribution in [2.24, 2.45) is 0 Å². The Morgan fingerprint density at radius 2 is 1.87 bits per heavy atom. The van der Waals surface area contributed by atoms with E-state index in [1.54, 1.807) is 0 Å². The van der Waals surface area contributed by atoms with Crippen LogP contribution in [-0.4, -0.2) is 86.9 Å². The third-order valence-electron chi connectivity index (χ3n) is 5.58.